The topological polar surface area (TPSA) is 58.2 Å². The summed E-state index contributed by atoms with van der Waals surface area (Å²) in [5.74, 6) is 0.908. The summed E-state index contributed by atoms with van der Waals surface area (Å²) in [7, 11) is -3.18. The minimum absolute atomic E-state index is 0.0902. The van der Waals surface area contributed by atoms with Gasteiger partial charge in [0.25, 0.3) is 0 Å². The van der Waals surface area contributed by atoms with Gasteiger partial charge in [0.1, 0.15) is 0 Å². The van der Waals surface area contributed by atoms with E-state index in [9.17, 15) is 8.42 Å². The highest BCUT2D eigenvalue weighted by Crippen LogP contribution is 2.29. The van der Waals surface area contributed by atoms with E-state index >= 15 is 0 Å². The van der Waals surface area contributed by atoms with E-state index in [0.29, 0.717) is 11.7 Å². The van der Waals surface area contributed by atoms with E-state index in [1.165, 1.54) is 12.8 Å². The van der Waals surface area contributed by atoms with Gasteiger partial charge in [0.15, 0.2) is 0 Å². The van der Waals surface area contributed by atoms with E-state index in [2.05, 4.69) is 17.0 Å². The second-order valence-corrected chi connectivity index (χ2v) is 7.01. The van der Waals surface area contributed by atoms with Gasteiger partial charge in [-0.15, -0.1) is 0 Å². The second kappa shape index (κ2) is 5.18. The van der Waals surface area contributed by atoms with Crippen molar-refractivity contribution in [2.24, 2.45) is 5.92 Å². The van der Waals surface area contributed by atoms with E-state index in [1.54, 1.807) is 19.1 Å². The molecule has 1 saturated carbocycles. The van der Waals surface area contributed by atoms with Crippen molar-refractivity contribution in [1.29, 1.82) is 0 Å². The van der Waals surface area contributed by atoms with Crippen molar-refractivity contribution >= 4 is 21.4 Å². The maximum absolute atomic E-state index is 11.4. The predicted octanol–water partition coefficient (Wildman–Crippen LogP) is 2.66. The van der Waals surface area contributed by atoms with Crippen LogP contribution < -0.4 is 10.0 Å². The lowest BCUT2D eigenvalue weighted by molar-refractivity contribution is 0.309. The molecule has 0 amide bonds. The van der Waals surface area contributed by atoms with Crippen molar-refractivity contribution in [3.63, 3.8) is 0 Å². The zero-order valence-electron chi connectivity index (χ0n) is 10.8. The number of nitrogens with one attached hydrogen (secondary N) is 2. The number of hydrogen-bond acceptors (Lipinski definition) is 3. The molecule has 1 fully saturated rings. The lowest BCUT2D eigenvalue weighted by Gasteiger charge is -2.34. The van der Waals surface area contributed by atoms with Crippen LogP contribution in [0.3, 0.4) is 0 Å². The summed E-state index contributed by atoms with van der Waals surface area (Å²) in [6.45, 7) is 3.87. The molecule has 1 aromatic rings. The highest BCUT2D eigenvalue weighted by atomic mass is 32.2. The summed E-state index contributed by atoms with van der Waals surface area (Å²) < 4.78 is 25.3. The molecule has 18 heavy (non-hydrogen) atoms. The van der Waals surface area contributed by atoms with Gasteiger partial charge in [-0.2, -0.15) is 0 Å². The van der Waals surface area contributed by atoms with Crippen molar-refractivity contribution in [2.45, 2.75) is 32.7 Å². The zero-order chi connectivity index (χ0) is 13.2. The molecule has 1 aliphatic carbocycles. The Labute approximate surface area is 109 Å². The van der Waals surface area contributed by atoms with Crippen LogP contribution >= 0.6 is 0 Å². The molecule has 0 atom stereocenters. The van der Waals surface area contributed by atoms with Gasteiger partial charge in [-0.05, 0) is 49.9 Å². The molecule has 0 bridgehead atoms. The van der Waals surface area contributed by atoms with Crippen molar-refractivity contribution in [3.05, 3.63) is 24.3 Å². The van der Waals surface area contributed by atoms with Gasteiger partial charge in [0.2, 0.25) is 10.0 Å². The number of hydrogen-bond donors (Lipinski definition) is 2. The van der Waals surface area contributed by atoms with Crippen molar-refractivity contribution in [3.8, 4) is 0 Å². The third-order valence-electron chi connectivity index (χ3n) is 3.28. The van der Waals surface area contributed by atoms with Crippen LogP contribution in [-0.2, 0) is 10.0 Å². The van der Waals surface area contributed by atoms with Gasteiger partial charge in [-0.1, -0.05) is 6.92 Å². The Morgan fingerprint density at radius 3 is 2.22 bits per heavy atom. The summed E-state index contributed by atoms with van der Waals surface area (Å²) in [4.78, 5) is 0. The van der Waals surface area contributed by atoms with Crippen molar-refractivity contribution < 1.29 is 8.42 Å². The highest BCUT2D eigenvalue weighted by Gasteiger charge is 2.24. The summed E-state index contributed by atoms with van der Waals surface area (Å²) in [5.41, 5.74) is 1.66. The molecule has 1 aromatic carbocycles. The largest absolute Gasteiger partial charge is 0.382 e. The molecule has 5 heteroatoms. The van der Waals surface area contributed by atoms with Crippen molar-refractivity contribution in [2.75, 3.05) is 15.8 Å². The van der Waals surface area contributed by atoms with Crippen LogP contribution in [0.25, 0.3) is 0 Å². The summed E-state index contributed by atoms with van der Waals surface area (Å²) in [6.07, 6.45) is 2.43. The standard InChI is InChI=1S/C13H20N2O2S/c1-3-18(16,17)15-12-6-4-11(5-7-12)14-13-8-10(2)9-13/h4-7,10,13-15H,3,8-9H2,1-2H3. The molecule has 0 aliphatic heterocycles. The summed E-state index contributed by atoms with van der Waals surface area (Å²) in [5, 5.41) is 3.44. The van der Waals surface area contributed by atoms with Crippen LogP contribution in [0.4, 0.5) is 11.4 Å². The molecule has 2 rings (SSSR count). The van der Waals surface area contributed by atoms with Crippen LogP contribution in [0.2, 0.25) is 0 Å². The van der Waals surface area contributed by atoms with Gasteiger partial charge < -0.3 is 5.32 Å². The Balaban J connectivity index is 1.93. The Morgan fingerprint density at radius 1 is 1.17 bits per heavy atom. The fourth-order valence-electron chi connectivity index (χ4n) is 2.14. The molecule has 0 heterocycles. The Kier molecular flexibility index (Phi) is 3.80. The SMILES string of the molecule is CCS(=O)(=O)Nc1ccc(NC2CC(C)C2)cc1. The fourth-order valence-corrected chi connectivity index (χ4v) is 2.78. The van der Waals surface area contributed by atoms with Crippen molar-refractivity contribution in [1.82, 2.24) is 0 Å². The molecule has 0 saturated heterocycles. The average molecular weight is 268 g/mol. The number of anilines is 2. The number of rotatable bonds is 5. The molecule has 100 valence electrons. The lowest BCUT2D eigenvalue weighted by atomic mass is 9.82. The fraction of sp³-hybridized carbons (Fsp3) is 0.538. The van der Waals surface area contributed by atoms with Crippen LogP contribution in [0, 0.1) is 5.92 Å². The normalized spacial score (nSPS) is 23.2. The Morgan fingerprint density at radius 2 is 1.72 bits per heavy atom. The van der Waals surface area contributed by atoms with Crippen LogP contribution in [0.15, 0.2) is 24.3 Å². The molecule has 0 spiro atoms. The molecule has 0 unspecified atom stereocenters. The minimum Gasteiger partial charge on any atom is -0.382 e. The van der Waals surface area contributed by atoms with Gasteiger partial charge >= 0.3 is 0 Å². The maximum atomic E-state index is 11.4. The first-order valence-corrected chi connectivity index (χ1v) is 8.01. The first-order chi connectivity index (χ1) is 8.48. The van der Waals surface area contributed by atoms with Crippen LogP contribution in [-0.4, -0.2) is 20.2 Å². The lowest BCUT2D eigenvalue weighted by Crippen LogP contribution is -2.33. The predicted molar refractivity (Wildman–Crippen MR) is 75.3 cm³/mol. The Bertz CT molecular complexity index is 490. The summed E-state index contributed by atoms with van der Waals surface area (Å²) >= 11 is 0. The highest BCUT2D eigenvalue weighted by molar-refractivity contribution is 7.92. The van der Waals surface area contributed by atoms with E-state index in [4.69, 9.17) is 0 Å². The van der Waals surface area contributed by atoms with Gasteiger partial charge in [-0.3, -0.25) is 4.72 Å². The van der Waals surface area contributed by atoms with Gasteiger partial charge in [0, 0.05) is 17.4 Å². The first kappa shape index (κ1) is 13.2. The average Bonchev–Trinajstić information content (AvgIpc) is 2.29. The van der Waals surface area contributed by atoms with Gasteiger partial charge in [0.05, 0.1) is 5.75 Å². The maximum Gasteiger partial charge on any atom is 0.232 e. The second-order valence-electron chi connectivity index (χ2n) is 5.00. The molecule has 0 aromatic heterocycles. The molecule has 2 N–H and O–H groups in total. The van der Waals surface area contributed by atoms with Gasteiger partial charge in [-0.25, -0.2) is 8.42 Å². The third-order valence-corrected chi connectivity index (χ3v) is 4.59. The quantitative estimate of drug-likeness (QED) is 0.863. The molecular weight excluding hydrogens is 248 g/mol. The van der Waals surface area contributed by atoms with E-state index < -0.39 is 10.0 Å². The number of benzene rings is 1. The zero-order valence-corrected chi connectivity index (χ0v) is 11.6. The molecule has 4 nitrogen and oxygen atoms in total. The van der Waals surface area contributed by atoms with E-state index in [1.807, 2.05) is 12.1 Å². The smallest absolute Gasteiger partial charge is 0.232 e. The monoisotopic (exact) mass is 268 g/mol. The molecule has 1 aliphatic rings. The third kappa shape index (κ3) is 3.38. The van der Waals surface area contributed by atoms with E-state index in [-0.39, 0.29) is 5.75 Å². The summed E-state index contributed by atoms with van der Waals surface area (Å²) in [6, 6.07) is 7.97. The molecule has 0 radical (unpaired) electrons. The van der Waals surface area contributed by atoms with E-state index in [0.717, 1.165) is 11.6 Å². The number of sulfonamides is 1. The molecular formula is C13H20N2O2S. The van der Waals surface area contributed by atoms with Crippen LogP contribution in [0.1, 0.15) is 26.7 Å². The first-order valence-electron chi connectivity index (χ1n) is 6.35. The minimum atomic E-state index is -3.18. The van der Waals surface area contributed by atoms with Crippen LogP contribution in [0.5, 0.6) is 0 Å². The Hall–Kier alpha value is -1.23.